The van der Waals surface area contributed by atoms with E-state index in [1.165, 1.54) is 12.1 Å². The van der Waals surface area contributed by atoms with Gasteiger partial charge in [-0.3, -0.25) is 9.98 Å². The normalized spacial score (nSPS) is 11.2. The van der Waals surface area contributed by atoms with Crippen LogP contribution >= 0.6 is 11.6 Å². The molecule has 0 atom stereocenters. The van der Waals surface area contributed by atoms with Crippen LogP contribution in [0.15, 0.2) is 66.7 Å². The molecule has 0 radical (unpaired) electrons. The Kier molecular flexibility index (Phi) is 4.17. The van der Waals surface area contributed by atoms with Crippen molar-refractivity contribution in [1.29, 1.82) is 5.41 Å². The maximum absolute atomic E-state index is 13.9. The highest BCUT2D eigenvalue weighted by Gasteiger charge is 2.14. The number of hydrogen-bond acceptors (Lipinski definition) is 1. The summed E-state index contributed by atoms with van der Waals surface area (Å²) in [5, 5.41) is 9.37. The van der Waals surface area contributed by atoms with Gasteiger partial charge >= 0.3 is 0 Å². The van der Waals surface area contributed by atoms with Gasteiger partial charge in [0.05, 0.1) is 17.6 Å². The third-order valence-electron chi connectivity index (χ3n) is 4.52. The first kappa shape index (κ1) is 16.7. The first-order valence-corrected chi connectivity index (χ1v) is 8.68. The van der Waals surface area contributed by atoms with Crippen molar-refractivity contribution in [2.75, 3.05) is 0 Å². The number of nitrogens with zero attached hydrogens (tertiary/aromatic N) is 2. The molecule has 3 aromatic carbocycles. The molecule has 0 spiro atoms. The van der Waals surface area contributed by atoms with Crippen molar-refractivity contribution in [3.8, 4) is 5.69 Å². The molecule has 0 bridgehead atoms. The molecule has 26 heavy (non-hydrogen) atoms. The molecule has 1 heterocycles. The zero-order valence-corrected chi connectivity index (χ0v) is 15.0. The summed E-state index contributed by atoms with van der Waals surface area (Å²) >= 11 is 6.30. The number of imidazole rings is 1. The van der Waals surface area contributed by atoms with E-state index in [1.807, 2.05) is 60.9 Å². The van der Waals surface area contributed by atoms with Crippen LogP contribution < -0.4 is 11.1 Å². The van der Waals surface area contributed by atoms with Crippen molar-refractivity contribution in [2.24, 2.45) is 0 Å². The minimum absolute atomic E-state index is 0.273. The van der Waals surface area contributed by atoms with Gasteiger partial charge in [-0.25, -0.2) is 4.39 Å². The summed E-state index contributed by atoms with van der Waals surface area (Å²) < 4.78 is 17.5. The van der Waals surface area contributed by atoms with Crippen LogP contribution in [0.2, 0.25) is 5.02 Å². The van der Waals surface area contributed by atoms with Crippen molar-refractivity contribution >= 4 is 35.9 Å². The van der Waals surface area contributed by atoms with E-state index in [-0.39, 0.29) is 11.4 Å². The van der Waals surface area contributed by atoms with Crippen molar-refractivity contribution < 1.29 is 4.39 Å². The standard InChI is InChI=1S/C20H16BClFN3/c21-14-5-8-16(9-6-14)26-19-11-15(23)7-10-18(19)25(20(26)24)12-13-3-1-2-4-17(13)22/h1-11,24H,12,21H2. The predicted molar refractivity (Wildman–Crippen MR) is 106 cm³/mol. The van der Waals surface area contributed by atoms with Gasteiger partial charge in [-0.05, 0) is 35.9 Å². The monoisotopic (exact) mass is 363 g/mol. The van der Waals surface area contributed by atoms with Crippen molar-refractivity contribution in [3.05, 3.63) is 88.8 Å². The Bertz CT molecular complexity index is 1160. The summed E-state index contributed by atoms with van der Waals surface area (Å²) in [6.45, 7) is 0.444. The number of aromatic nitrogens is 2. The highest BCUT2D eigenvalue weighted by atomic mass is 35.5. The lowest BCUT2D eigenvalue weighted by Crippen LogP contribution is -2.24. The zero-order valence-electron chi connectivity index (χ0n) is 14.2. The molecule has 128 valence electrons. The molecule has 0 amide bonds. The van der Waals surface area contributed by atoms with Gasteiger partial charge in [-0.15, -0.1) is 0 Å². The molecule has 0 aliphatic carbocycles. The summed E-state index contributed by atoms with van der Waals surface area (Å²) in [5.74, 6) is -0.326. The fourth-order valence-electron chi connectivity index (χ4n) is 3.17. The Balaban J connectivity index is 1.97. The summed E-state index contributed by atoms with van der Waals surface area (Å²) in [6, 6.07) is 20.0. The van der Waals surface area contributed by atoms with Crippen LogP contribution in [0.4, 0.5) is 4.39 Å². The van der Waals surface area contributed by atoms with Gasteiger partial charge in [0.15, 0.2) is 0 Å². The lowest BCUT2D eigenvalue weighted by atomic mass is 9.96. The molecule has 0 fully saturated rings. The van der Waals surface area contributed by atoms with Crippen LogP contribution in [0.5, 0.6) is 0 Å². The van der Waals surface area contributed by atoms with E-state index in [2.05, 4.69) is 0 Å². The summed E-state index contributed by atoms with van der Waals surface area (Å²) in [6.07, 6.45) is 0. The van der Waals surface area contributed by atoms with E-state index < -0.39 is 0 Å². The average molecular weight is 364 g/mol. The maximum Gasteiger partial charge on any atom is 0.208 e. The Labute approximate surface area is 156 Å². The molecule has 4 rings (SSSR count). The molecule has 6 heteroatoms. The van der Waals surface area contributed by atoms with Crippen LogP contribution in [-0.2, 0) is 6.54 Å². The molecule has 0 saturated heterocycles. The summed E-state index contributed by atoms with van der Waals surface area (Å²) in [4.78, 5) is 0. The first-order chi connectivity index (χ1) is 12.5. The van der Waals surface area contributed by atoms with Crippen molar-refractivity contribution in [1.82, 2.24) is 9.13 Å². The minimum Gasteiger partial charge on any atom is -0.306 e. The van der Waals surface area contributed by atoms with Gasteiger partial charge < -0.3 is 4.57 Å². The Morgan fingerprint density at radius 3 is 2.42 bits per heavy atom. The van der Waals surface area contributed by atoms with E-state index >= 15 is 0 Å². The smallest absolute Gasteiger partial charge is 0.208 e. The van der Waals surface area contributed by atoms with E-state index in [9.17, 15) is 4.39 Å². The molecule has 1 aromatic heterocycles. The topological polar surface area (TPSA) is 33.7 Å². The van der Waals surface area contributed by atoms with Crippen LogP contribution in [0, 0.1) is 11.2 Å². The first-order valence-electron chi connectivity index (χ1n) is 8.30. The minimum atomic E-state index is -0.326. The van der Waals surface area contributed by atoms with Crippen LogP contribution in [0.25, 0.3) is 16.7 Å². The molecular weight excluding hydrogens is 348 g/mol. The van der Waals surface area contributed by atoms with Crippen molar-refractivity contribution in [3.63, 3.8) is 0 Å². The summed E-state index contributed by atoms with van der Waals surface area (Å²) in [5.41, 5.74) is 4.60. The lowest BCUT2D eigenvalue weighted by molar-refractivity contribution is 0.629. The van der Waals surface area contributed by atoms with Gasteiger partial charge in [-0.2, -0.15) is 0 Å². The molecular formula is C20H16BClFN3. The second-order valence-corrected chi connectivity index (χ2v) is 6.71. The Morgan fingerprint density at radius 1 is 0.962 bits per heavy atom. The second-order valence-electron chi connectivity index (χ2n) is 6.31. The highest BCUT2D eigenvalue weighted by molar-refractivity contribution is 6.32. The number of benzene rings is 3. The maximum atomic E-state index is 13.9. The Hall–Kier alpha value is -2.79. The lowest BCUT2D eigenvalue weighted by Gasteiger charge is -2.07. The van der Waals surface area contributed by atoms with Gasteiger partial charge in [0.2, 0.25) is 5.62 Å². The number of nitrogens with one attached hydrogen (secondary N) is 1. The van der Waals surface area contributed by atoms with Crippen molar-refractivity contribution in [2.45, 2.75) is 6.54 Å². The number of halogens is 2. The van der Waals surface area contributed by atoms with Gasteiger partial charge in [0.1, 0.15) is 13.7 Å². The predicted octanol–water partition coefficient (Wildman–Crippen LogP) is 3.01. The fraction of sp³-hybridized carbons (Fsp3) is 0.0500. The van der Waals surface area contributed by atoms with Gasteiger partial charge in [-0.1, -0.05) is 47.4 Å². The summed E-state index contributed by atoms with van der Waals surface area (Å²) in [7, 11) is 2.01. The van der Waals surface area contributed by atoms with Crippen LogP contribution in [0.3, 0.4) is 0 Å². The van der Waals surface area contributed by atoms with Gasteiger partial charge in [0, 0.05) is 16.8 Å². The fourth-order valence-corrected chi connectivity index (χ4v) is 3.36. The third-order valence-corrected chi connectivity index (χ3v) is 4.88. The molecule has 3 nitrogen and oxygen atoms in total. The highest BCUT2D eigenvalue weighted by Crippen LogP contribution is 2.22. The quantitative estimate of drug-likeness (QED) is 0.543. The van der Waals surface area contributed by atoms with Crippen LogP contribution in [-0.4, -0.2) is 17.0 Å². The van der Waals surface area contributed by atoms with E-state index in [1.54, 1.807) is 10.6 Å². The van der Waals surface area contributed by atoms with Gasteiger partial charge in [0.25, 0.3) is 0 Å². The Morgan fingerprint density at radius 2 is 1.69 bits per heavy atom. The average Bonchev–Trinajstić information content (AvgIpc) is 2.89. The molecule has 1 N–H and O–H groups in total. The number of rotatable bonds is 3. The van der Waals surface area contributed by atoms with Crippen LogP contribution in [0.1, 0.15) is 5.56 Å². The molecule has 0 unspecified atom stereocenters. The molecule has 0 aliphatic heterocycles. The zero-order chi connectivity index (χ0) is 18.3. The molecule has 0 aliphatic rings. The van der Waals surface area contributed by atoms with E-state index in [0.717, 1.165) is 22.2 Å². The number of fused-ring (bicyclic) bond motifs is 1. The van der Waals surface area contributed by atoms with E-state index in [0.29, 0.717) is 17.1 Å². The third kappa shape index (κ3) is 2.84. The molecule has 0 saturated carbocycles. The largest absolute Gasteiger partial charge is 0.306 e. The second kappa shape index (κ2) is 6.50. The molecule has 4 aromatic rings. The SMILES string of the molecule is Bc1ccc(-n2c(=N)n(Cc3ccccc3Cl)c3ccc(F)cc32)cc1. The number of hydrogen-bond donors (Lipinski definition) is 1. The van der Waals surface area contributed by atoms with E-state index in [4.69, 9.17) is 17.0 Å².